The maximum Gasteiger partial charge on any atom is 0.355 e. The second-order valence-corrected chi connectivity index (χ2v) is 3.84. The third-order valence-electron chi connectivity index (χ3n) is 2.70. The first kappa shape index (κ1) is 12.1. The van der Waals surface area contributed by atoms with Gasteiger partial charge < -0.3 is 9.72 Å². The average Bonchev–Trinajstić information content (AvgIpc) is 2.72. The van der Waals surface area contributed by atoms with Crippen molar-refractivity contribution in [2.24, 2.45) is 0 Å². The predicted octanol–water partition coefficient (Wildman–Crippen LogP) is 2.56. The fraction of sp³-hybridized carbons (Fsp3) is 0.250. The van der Waals surface area contributed by atoms with Gasteiger partial charge in [-0.3, -0.25) is 10.1 Å². The van der Waals surface area contributed by atoms with Crippen LogP contribution in [-0.4, -0.2) is 22.5 Å². The quantitative estimate of drug-likeness (QED) is 0.514. The topological polar surface area (TPSA) is 85.2 Å². The number of carbonyl (C=O) groups is 1. The lowest BCUT2D eigenvalue weighted by Gasteiger charge is -2.02. The number of nitrogens with zero attached hydrogens (tertiary/aromatic N) is 1. The van der Waals surface area contributed by atoms with E-state index in [-0.39, 0.29) is 18.0 Å². The first-order valence-corrected chi connectivity index (χ1v) is 5.48. The van der Waals surface area contributed by atoms with Crippen LogP contribution in [0.2, 0.25) is 0 Å². The molecule has 0 atom stereocenters. The van der Waals surface area contributed by atoms with Gasteiger partial charge in [-0.1, -0.05) is 12.1 Å². The van der Waals surface area contributed by atoms with E-state index in [4.69, 9.17) is 4.74 Å². The Labute approximate surface area is 103 Å². The molecule has 0 fully saturated rings. The number of ether oxygens (including phenoxy) is 1. The van der Waals surface area contributed by atoms with Crippen molar-refractivity contribution in [1.82, 2.24) is 4.98 Å². The third-order valence-corrected chi connectivity index (χ3v) is 2.70. The number of aryl methyl sites for hydroxylation is 1. The van der Waals surface area contributed by atoms with E-state index in [0.29, 0.717) is 16.3 Å². The summed E-state index contributed by atoms with van der Waals surface area (Å²) in [5, 5.41) is 12.0. The highest BCUT2D eigenvalue weighted by Gasteiger charge is 2.24. The van der Waals surface area contributed by atoms with Gasteiger partial charge in [-0.05, 0) is 13.8 Å². The number of rotatable bonds is 3. The van der Waals surface area contributed by atoms with Crippen molar-refractivity contribution in [3.05, 3.63) is 39.7 Å². The van der Waals surface area contributed by atoms with E-state index >= 15 is 0 Å². The highest BCUT2D eigenvalue weighted by Crippen LogP contribution is 2.32. The molecule has 2 aromatic rings. The summed E-state index contributed by atoms with van der Waals surface area (Å²) in [4.78, 5) is 25.1. The molecule has 0 bridgehead atoms. The molecular weight excluding hydrogens is 236 g/mol. The molecule has 0 aliphatic carbocycles. The number of benzene rings is 1. The first-order valence-electron chi connectivity index (χ1n) is 5.48. The monoisotopic (exact) mass is 248 g/mol. The number of nitro benzene ring substituents is 1. The normalized spacial score (nSPS) is 10.6. The van der Waals surface area contributed by atoms with Gasteiger partial charge in [0, 0.05) is 17.1 Å². The van der Waals surface area contributed by atoms with Crippen LogP contribution in [0.15, 0.2) is 18.3 Å². The zero-order chi connectivity index (χ0) is 13.3. The molecule has 0 amide bonds. The van der Waals surface area contributed by atoms with Gasteiger partial charge in [-0.2, -0.15) is 0 Å². The summed E-state index contributed by atoms with van der Waals surface area (Å²) in [5.41, 5.74) is 0.580. The van der Waals surface area contributed by atoms with Crippen LogP contribution >= 0.6 is 0 Å². The number of hydrogen-bond donors (Lipinski definition) is 1. The summed E-state index contributed by atoms with van der Waals surface area (Å²) in [6.45, 7) is 3.54. The number of esters is 1. The number of carbonyl (C=O) groups excluding carboxylic acids is 1. The maximum atomic E-state index is 11.7. The molecule has 0 aliphatic rings. The van der Waals surface area contributed by atoms with Crippen LogP contribution in [-0.2, 0) is 4.74 Å². The van der Waals surface area contributed by atoms with Gasteiger partial charge >= 0.3 is 5.97 Å². The van der Waals surface area contributed by atoms with Crippen LogP contribution in [0.4, 0.5) is 5.69 Å². The zero-order valence-corrected chi connectivity index (χ0v) is 10.0. The maximum absolute atomic E-state index is 11.7. The van der Waals surface area contributed by atoms with Crippen molar-refractivity contribution < 1.29 is 14.5 Å². The van der Waals surface area contributed by atoms with Crippen molar-refractivity contribution >= 4 is 22.4 Å². The third kappa shape index (κ3) is 1.81. The molecule has 2 rings (SSSR count). The number of nitro groups is 1. The van der Waals surface area contributed by atoms with Crippen LogP contribution in [0.1, 0.15) is 23.0 Å². The summed E-state index contributed by atoms with van der Waals surface area (Å²) in [7, 11) is 0. The molecule has 94 valence electrons. The number of hydrogen-bond acceptors (Lipinski definition) is 4. The van der Waals surface area contributed by atoms with E-state index < -0.39 is 10.9 Å². The van der Waals surface area contributed by atoms with Crippen LogP contribution in [0, 0.1) is 17.0 Å². The molecule has 6 nitrogen and oxygen atoms in total. The zero-order valence-electron chi connectivity index (χ0n) is 10.0. The van der Waals surface area contributed by atoms with Gasteiger partial charge in [0.25, 0.3) is 5.69 Å². The second-order valence-electron chi connectivity index (χ2n) is 3.84. The summed E-state index contributed by atoms with van der Waals surface area (Å²) in [6.07, 6.45) is 1.56. The summed E-state index contributed by atoms with van der Waals surface area (Å²) >= 11 is 0. The molecule has 0 unspecified atom stereocenters. The van der Waals surface area contributed by atoms with Crippen molar-refractivity contribution in [2.75, 3.05) is 6.61 Å². The lowest BCUT2D eigenvalue weighted by molar-refractivity contribution is -0.383. The average molecular weight is 248 g/mol. The first-order chi connectivity index (χ1) is 8.56. The van der Waals surface area contributed by atoms with E-state index in [0.717, 1.165) is 0 Å². The smallest absolute Gasteiger partial charge is 0.355 e. The molecule has 0 aliphatic heterocycles. The van der Waals surface area contributed by atoms with E-state index in [1.165, 1.54) is 0 Å². The van der Waals surface area contributed by atoms with E-state index in [1.807, 2.05) is 0 Å². The Balaban J connectivity index is 2.73. The van der Waals surface area contributed by atoms with Crippen LogP contribution in [0.25, 0.3) is 10.8 Å². The van der Waals surface area contributed by atoms with Crippen LogP contribution in [0.5, 0.6) is 0 Å². The van der Waals surface area contributed by atoms with E-state index in [2.05, 4.69) is 4.98 Å². The minimum Gasteiger partial charge on any atom is -0.461 e. The summed E-state index contributed by atoms with van der Waals surface area (Å²) in [5.74, 6) is -0.582. The van der Waals surface area contributed by atoms with E-state index in [1.54, 1.807) is 32.2 Å². The van der Waals surface area contributed by atoms with Crippen LogP contribution < -0.4 is 0 Å². The molecule has 0 saturated heterocycles. The fourth-order valence-electron chi connectivity index (χ4n) is 1.92. The highest BCUT2D eigenvalue weighted by molar-refractivity contribution is 6.08. The van der Waals surface area contributed by atoms with Gasteiger partial charge in [0.1, 0.15) is 5.69 Å². The number of aromatic nitrogens is 1. The Morgan fingerprint density at radius 3 is 2.83 bits per heavy atom. The van der Waals surface area contributed by atoms with E-state index in [9.17, 15) is 14.9 Å². The predicted molar refractivity (Wildman–Crippen MR) is 65.6 cm³/mol. The van der Waals surface area contributed by atoms with Gasteiger partial charge in [0.2, 0.25) is 0 Å². The number of fused-ring (bicyclic) bond motifs is 1. The molecular formula is C12H12N2O4. The van der Waals surface area contributed by atoms with Gasteiger partial charge in [0.05, 0.1) is 16.9 Å². The Morgan fingerprint density at radius 1 is 1.50 bits per heavy atom. The summed E-state index contributed by atoms with van der Waals surface area (Å²) in [6, 6.07) is 3.39. The highest BCUT2D eigenvalue weighted by atomic mass is 16.6. The largest absolute Gasteiger partial charge is 0.461 e. The van der Waals surface area contributed by atoms with Crippen LogP contribution in [0.3, 0.4) is 0 Å². The fourth-order valence-corrected chi connectivity index (χ4v) is 1.92. The van der Waals surface area contributed by atoms with Gasteiger partial charge in [0.15, 0.2) is 0 Å². The standard InChI is InChI=1S/C12H12N2O4/c1-3-18-12(15)10-9-8(6-13-10)5-4-7(2)11(9)14(16)17/h4-6,13H,3H2,1-2H3. The molecule has 0 saturated carbocycles. The van der Waals surface area contributed by atoms with Crippen molar-refractivity contribution in [1.29, 1.82) is 0 Å². The lowest BCUT2D eigenvalue weighted by Crippen LogP contribution is -2.06. The molecule has 0 spiro atoms. The van der Waals surface area contributed by atoms with Gasteiger partial charge in [-0.15, -0.1) is 0 Å². The molecule has 1 heterocycles. The molecule has 1 aromatic heterocycles. The molecule has 0 radical (unpaired) electrons. The minimum absolute atomic E-state index is 0.0585. The summed E-state index contributed by atoms with van der Waals surface area (Å²) < 4.78 is 4.88. The Bertz CT molecular complexity index is 630. The number of aromatic amines is 1. The lowest BCUT2D eigenvalue weighted by atomic mass is 10.1. The number of H-pyrrole nitrogens is 1. The molecule has 6 heteroatoms. The molecule has 1 aromatic carbocycles. The van der Waals surface area contributed by atoms with Crippen molar-refractivity contribution in [3.63, 3.8) is 0 Å². The van der Waals surface area contributed by atoms with Crippen molar-refractivity contribution in [3.8, 4) is 0 Å². The minimum atomic E-state index is -0.582. The second kappa shape index (κ2) is 4.48. The SMILES string of the molecule is CCOC(=O)c1[nH]cc2ccc(C)c([N+](=O)[O-])c12. The number of nitrogens with one attached hydrogen (secondary N) is 1. The van der Waals surface area contributed by atoms with Gasteiger partial charge in [-0.25, -0.2) is 4.79 Å². The Morgan fingerprint density at radius 2 is 2.22 bits per heavy atom. The molecule has 18 heavy (non-hydrogen) atoms. The van der Waals surface area contributed by atoms with Crippen molar-refractivity contribution in [2.45, 2.75) is 13.8 Å². The Hall–Kier alpha value is -2.37. The molecule has 1 N–H and O–H groups in total. The Kier molecular flexibility index (Phi) is 3.01.